The van der Waals surface area contributed by atoms with Gasteiger partial charge < -0.3 is 14.5 Å². The van der Waals surface area contributed by atoms with E-state index in [9.17, 15) is 0 Å². The minimum absolute atomic E-state index is 0.142. The molecule has 0 radical (unpaired) electrons. The summed E-state index contributed by atoms with van der Waals surface area (Å²) in [6.07, 6.45) is 0.142. The van der Waals surface area contributed by atoms with E-state index < -0.39 is 0 Å². The maximum Gasteiger partial charge on any atom is 0.128 e. The number of rotatable bonds is 4. The van der Waals surface area contributed by atoms with Gasteiger partial charge in [0.15, 0.2) is 0 Å². The van der Waals surface area contributed by atoms with Crippen LogP contribution in [0.2, 0.25) is 0 Å². The Labute approximate surface area is 161 Å². The van der Waals surface area contributed by atoms with Crippen molar-refractivity contribution in [3.05, 3.63) is 89.5 Å². The van der Waals surface area contributed by atoms with E-state index in [1.165, 1.54) is 28.1 Å². The standard InChI is InChI=1S/C24H26N2O/c1-18-7-4-10-21(15-18)25-13-14-26(22-11-5-8-19(2)16-22)24(25)20-9-6-12-23(17-20)27-3/h4-12,15-17,24H,13-14H2,1-3H3. The molecule has 3 nitrogen and oxygen atoms in total. The van der Waals surface area contributed by atoms with E-state index in [1.807, 2.05) is 6.07 Å². The number of hydrogen-bond acceptors (Lipinski definition) is 3. The summed E-state index contributed by atoms with van der Waals surface area (Å²) in [5, 5.41) is 0. The SMILES string of the molecule is COc1cccc(C2N(c3cccc(C)c3)CCN2c2cccc(C)c2)c1. The van der Waals surface area contributed by atoms with Crippen LogP contribution >= 0.6 is 0 Å². The van der Waals surface area contributed by atoms with Crippen LogP contribution in [0.1, 0.15) is 22.9 Å². The highest BCUT2D eigenvalue weighted by atomic mass is 16.5. The Kier molecular flexibility index (Phi) is 4.76. The Morgan fingerprint density at radius 3 is 1.81 bits per heavy atom. The van der Waals surface area contributed by atoms with E-state index in [1.54, 1.807) is 7.11 Å². The van der Waals surface area contributed by atoms with Gasteiger partial charge in [0, 0.05) is 24.5 Å². The molecule has 0 spiro atoms. The molecule has 3 aromatic rings. The summed E-state index contributed by atoms with van der Waals surface area (Å²) in [5.41, 5.74) is 6.34. The molecule has 27 heavy (non-hydrogen) atoms. The molecule has 3 heteroatoms. The summed E-state index contributed by atoms with van der Waals surface area (Å²) in [5.74, 6) is 0.896. The van der Waals surface area contributed by atoms with Gasteiger partial charge in [0.25, 0.3) is 0 Å². The average molecular weight is 358 g/mol. The summed E-state index contributed by atoms with van der Waals surface area (Å²) in [4.78, 5) is 4.98. The highest BCUT2D eigenvalue weighted by Gasteiger charge is 2.34. The molecule has 0 atom stereocenters. The molecular weight excluding hydrogens is 332 g/mol. The molecule has 0 unspecified atom stereocenters. The molecule has 0 aromatic heterocycles. The molecule has 4 rings (SSSR count). The monoisotopic (exact) mass is 358 g/mol. The van der Waals surface area contributed by atoms with Crippen LogP contribution in [-0.2, 0) is 0 Å². The Balaban J connectivity index is 1.80. The molecule has 1 aliphatic rings. The van der Waals surface area contributed by atoms with E-state index >= 15 is 0 Å². The Bertz CT molecular complexity index is 883. The highest BCUT2D eigenvalue weighted by molar-refractivity contribution is 5.60. The third kappa shape index (κ3) is 3.50. The predicted octanol–water partition coefficient (Wildman–Crippen LogP) is 5.34. The molecule has 0 N–H and O–H groups in total. The summed E-state index contributed by atoms with van der Waals surface area (Å²) >= 11 is 0. The maximum absolute atomic E-state index is 5.50. The molecule has 138 valence electrons. The molecule has 1 saturated heterocycles. The fourth-order valence-electron chi connectivity index (χ4n) is 3.94. The topological polar surface area (TPSA) is 15.7 Å². The fraction of sp³-hybridized carbons (Fsp3) is 0.250. The molecule has 1 heterocycles. The van der Waals surface area contributed by atoms with E-state index in [4.69, 9.17) is 4.74 Å². The van der Waals surface area contributed by atoms with Crippen molar-refractivity contribution >= 4 is 11.4 Å². The van der Waals surface area contributed by atoms with Gasteiger partial charge in [-0.1, -0.05) is 36.4 Å². The lowest BCUT2D eigenvalue weighted by Crippen LogP contribution is -2.31. The quantitative estimate of drug-likeness (QED) is 0.626. The molecule has 0 aliphatic carbocycles. The second-order valence-electron chi connectivity index (χ2n) is 7.22. The number of methoxy groups -OCH3 is 1. The van der Waals surface area contributed by atoms with Gasteiger partial charge in [0.1, 0.15) is 11.9 Å². The van der Waals surface area contributed by atoms with Crippen LogP contribution in [0.5, 0.6) is 5.75 Å². The molecule has 1 aliphatic heterocycles. The second kappa shape index (κ2) is 7.36. The highest BCUT2D eigenvalue weighted by Crippen LogP contribution is 2.39. The smallest absolute Gasteiger partial charge is 0.128 e. The van der Waals surface area contributed by atoms with E-state index in [0.29, 0.717) is 0 Å². The molecule has 3 aromatic carbocycles. The van der Waals surface area contributed by atoms with Crippen LogP contribution in [0, 0.1) is 13.8 Å². The zero-order valence-corrected chi connectivity index (χ0v) is 16.2. The molecule has 0 amide bonds. The first-order chi connectivity index (χ1) is 13.2. The summed E-state index contributed by atoms with van der Waals surface area (Å²) in [6.45, 7) is 6.27. The minimum atomic E-state index is 0.142. The lowest BCUT2D eigenvalue weighted by molar-refractivity contribution is 0.414. The molecule has 0 bridgehead atoms. The Morgan fingerprint density at radius 1 is 0.741 bits per heavy atom. The van der Waals surface area contributed by atoms with Crippen LogP contribution in [0.4, 0.5) is 11.4 Å². The van der Waals surface area contributed by atoms with Crippen LogP contribution in [0.25, 0.3) is 0 Å². The van der Waals surface area contributed by atoms with Crippen molar-refractivity contribution in [2.75, 3.05) is 30.0 Å². The van der Waals surface area contributed by atoms with Gasteiger partial charge in [-0.25, -0.2) is 0 Å². The van der Waals surface area contributed by atoms with Crippen molar-refractivity contribution < 1.29 is 4.74 Å². The number of nitrogens with zero attached hydrogens (tertiary/aromatic N) is 2. The summed E-state index contributed by atoms with van der Waals surface area (Å²) < 4.78 is 5.50. The molecule has 1 fully saturated rings. The van der Waals surface area contributed by atoms with Gasteiger partial charge in [-0.15, -0.1) is 0 Å². The lowest BCUT2D eigenvalue weighted by atomic mass is 10.1. The van der Waals surface area contributed by atoms with Crippen LogP contribution < -0.4 is 14.5 Å². The van der Waals surface area contributed by atoms with Crippen LogP contribution in [0.15, 0.2) is 72.8 Å². The third-order valence-electron chi connectivity index (χ3n) is 5.23. The third-order valence-corrected chi connectivity index (χ3v) is 5.23. The average Bonchev–Trinajstić information content (AvgIpc) is 3.13. The van der Waals surface area contributed by atoms with Crippen molar-refractivity contribution in [1.82, 2.24) is 0 Å². The number of aryl methyl sites for hydroxylation is 2. The van der Waals surface area contributed by atoms with Gasteiger partial charge in [0.05, 0.1) is 7.11 Å². The zero-order chi connectivity index (χ0) is 18.8. The van der Waals surface area contributed by atoms with Crippen molar-refractivity contribution in [3.8, 4) is 5.75 Å². The number of hydrogen-bond donors (Lipinski definition) is 0. The van der Waals surface area contributed by atoms with Crippen molar-refractivity contribution in [2.45, 2.75) is 20.0 Å². The lowest BCUT2D eigenvalue weighted by Gasteiger charge is -2.33. The summed E-state index contributed by atoms with van der Waals surface area (Å²) in [7, 11) is 1.73. The first-order valence-electron chi connectivity index (χ1n) is 9.46. The summed E-state index contributed by atoms with van der Waals surface area (Å²) in [6, 6.07) is 26.0. The van der Waals surface area contributed by atoms with Gasteiger partial charge in [-0.3, -0.25) is 0 Å². The number of anilines is 2. The Hall–Kier alpha value is -2.94. The second-order valence-corrected chi connectivity index (χ2v) is 7.22. The number of ether oxygens (including phenoxy) is 1. The zero-order valence-electron chi connectivity index (χ0n) is 16.2. The van der Waals surface area contributed by atoms with Gasteiger partial charge in [0.2, 0.25) is 0 Å². The van der Waals surface area contributed by atoms with Crippen LogP contribution in [0.3, 0.4) is 0 Å². The Morgan fingerprint density at radius 2 is 1.30 bits per heavy atom. The van der Waals surface area contributed by atoms with Crippen molar-refractivity contribution in [2.24, 2.45) is 0 Å². The van der Waals surface area contributed by atoms with Crippen molar-refractivity contribution in [3.63, 3.8) is 0 Å². The normalized spacial score (nSPS) is 14.6. The van der Waals surface area contributed by atoms with Crippen molar-refractivity contribution in [1.29, 1.82) is 0 Å². The number of benzene rings is 3. The first-order valence-corrected chi connectivity index (χ1v) is 9.46. The predicted molar refractivity (Wildman–Crippen MR) is 113 cm³/mol. The fourth-order valence-corrected chi connectivity index (χ4v) is 3.94. The largest absolute Gasteiger partial charge is 0.497 e. The first kappa shape index (κ1) is 17.5. The van der Waals surface area contributed by atoms with E-state index in [0.717, 1.165) is 18.8 Å². The minimum Gasteiger partial charge on any atom is -0.497 e. The van der Waals surface area contributed by atoms with Gasteiger partial charge >= 0.3 is 0 Å². The maximum atomic E-state index is 5.50. The van der Waals surface area contributed by atoms with Gasteiger partial charge in [-0.2, -0.15) is 0 Å². The van der Waals surface area contributed by atoms with E-state index in [-0.39, 0.29) is 6.17 Å². The molecule has 0 saturated carbocycles. The molecular formula is C24H26N2O. The van der Waals surface area contributed by atoms with Gasteiger partial charge in [-0.05, 0) is 66.9 Å². The van der Waals surface area contributed by atoms with Crippen LogP contribution in [-0.4, -0.2) is 20.2 Å². The van der Waals surface area contributed by atoms with E-state index in [2.05, 4.69) is 90.4 Å².